The SMILES string of the molecule is CN(C(=O)c1cc(Cl)ccc1Cl)C1CCCC1CN. The van der Waals surface area contributed by atoms with Crippen LogP contribution in [0.5, 0.6) is 0 Å². The zero-order valence-electron chi connectivity index (χ0n) is 10.9. The molecule has 0 saturated heterocycles. The number of rotatable bonds is 3. The van der Waals surface area contributed by atoms with Gasteiger partial charge in [0.05, 0.1) is 10.6 Å². The number of nitrogens with zero attached hydrogens (tertiary/aromatic N) is 1. The van der Waals surface area contributed by atoms with Crippen LogP contribution in [-0.4, -0.2) is 30.4 Å². The van der Waals surface area contributed by atoms with Gasteiger partial charge >= 0.3 is 0 Å². The number of hydrogen-bond donors (Lipinski definition) is 1. The highest BCUT2D eigenvalue weighted by atomic mass is 35.5. The minimum atomic E-state index is -0.0853. The Balaban J connectivity index is 2.21. The molecule has 0 spiro atoms. The summed E-state index contributed by atoms with van der Waals surface area (Å²) < 4.78 is 0. The first kappa shape index (κ1) is 14.6. The van der Waals surface area contributed by atoms with Gasteiger partial charge in [0.25, 0.3) is 5.91 Å². The molecular weight excluding hydrogens is 283 g/mol. The number of benzene rings is 1. The van der Waals surface area contributed by atoms with Crippen LogP contribution in [0.2, 0.25) is 10.0 Å². The van der Waals surface area contributed by atoms with Gasteiger partial charge in [-0.1, -0.05) is 29.6 Å². The van der Waals surface area contributed by atoms with Crippen LogP contribution in [0.3, 0.4) is 0 Å². The first-order valence-corrected chi connectivity index (χ1v) is 7.22. The van der Waals surface area contributed by atoms with Crippen LogP contribution >= 0.6 is 23.2 Å². The largest absolute Gasteiger partial charge is 0.338 e. The summed E-state index contributed by atoms with van der Waals surface area (Å²) in [6.07, 6.45) is 3.21. The van der Waals surface area contributed by atoms with Crippen molar-refractivity contribution in [2.45, 2.75) is 25.3 Å². The van der Waals surface area contributed by atoms with E-state index in [1.54, 1.807) is 23.1 Å². The molecule has 2 N–H and O–H groups in total. The average Bonchev–Trinajstić information content (AvgIpc) is 2.88. The van der Waals surface area contributed by atoms with E-state index in [1.807, 2.05) is 7.05 Å². The molecule has 0 heterocycles. The molecule has 2 rings (SSSR count). The maximum Gasteiger partial charge on any atom is 0.255 e. The van der Waals surface area contributed by atoms with Gasteiger partial charge in [-0.05, 0) is 43.5 Å². The molecule has 19 heavy (non-hydrogen) atoms. The third-order valence-corrected chi connectivity index (χ3v) is 4.46. The van der Waals surface area contributed by atoms with Crippen LogP contribution in [0.15, 0.2) is 18.2 Å². The van der Waals surface area contributed by atoms with Crippen LogP contribution in [0.25, 0.3) is 0 Å². The Labute approximate surface area is 123 Å². The van der Waals surface area contributed by atoms with Crippen LogP contribution in [0.1, 0.15) is 29.6 Å². The van der Waals surface area contributed by atoms with Crippen molar-refractivity contribution in [3.05, 3.63) is 33.8 Å². The third kappa shape index (κ3) is 3.04. The Morgan fingerprint density at radius 2 is 2.16 bits per heavy atom. The fourth-order valence-corrected chi connectivity index (χ4v) is 3.17. The minimum Gasteiger partial charge on any atom is -0.338 e. The van der Waals surface area contributed by atoms with Gasteiger partial charge < -0.3 is 10.6 Å². The maximum atomic E-state index is 12.5. The normalized spacial score (nSPS) is 22.5. The second-order valence-electron chi connectivity index (χ2n) is 5.03. The molecule has 5 heteroatoms. The van der Waals surface area contributed by atoms with Gasteiger partial charge in [0.1, 0.15) is 0 Å². The summed E-state index contributed by atoms with van der Waals surface area (Å²) >= 11 is 12.0. The lowest BCUT2D eigenvalue weighted by Gasteiger charge is -2.29. The number of hydrogen-bond acceptors (Lipinski definition) is 2. The Morgan fingerprint density at radius 1 is 1.42 bits per heavy atom. The smallest absolute Gasteiger partial charge is 0.255 e. The van der Waals surface area contributed by atoms with E-state index in [4.69, 9.17) is 28.9 Å². The van der Waals surface area contributed by atoms with E-state index in [0.29, 0.717) is 28.1 Å². The fraction of sp³-hybridized carbons (Fsp3) is 0.500. The Morgan fingerprint density at radius 3 is 2.84 bits per heavy atom. The van der Waals surface area contributed by atoms with Gasteiger partial charge in [-0.25, -0.2) is 0 Å². The van der Waals surface area contributed by atoms with E-state index >= 15 is 0 Å². The Hall–Kier alpha value is -0.770. The van der Waals surface area contributed by atoms with Gasteiger partial charge in [-0.15, -0.1) is 0 Å². The molecule has 2 unspecified atom stereocenters. The van der Waals surface area contributed by atoms with Crippen molar-refractivity contribution in [3.63, 3.8) is 0 Å². The van der Waals surface area contributed by atoms with E-state index in [2.05, 4.69) is 0 Å². The molecule has 0 aliphatic heterocycles. The molecule has 1 amide bonds. The van der Waals surface area contributed by atoms with Crippen LogP contribution < -0.4 is 5.73 Å². The molecule has 1 aromatic carbocycles. The zero-order chi connectivity index (χ0) is 14.0. The topological polar surface area (TPSA) is 46.3 Å². The number of carbonyl (C=O) groups is 1. The summed E-state index contributed by atoms with van der Waals surface area (Å²) in [6, 6.07) is 5.15. The van der Waals surface area contributed by atoms with Crippen molar-refractivity contribution >= 4 is 29.1 Å². The molecule has 1 aliphatic carbocycles. The highest BCUT2D eigenvalue weighted by molar-refractivity contribution is 6.35. The molecule has 1 fully saturated rings. The van der Waals surface area contributed by atoms with E-state index in [0.717, 1.165) is 19.3 Å². The second-order valence-corrected chi connectivity index (χ2v) is 5.88. The molecule has 1 aliphatic rings. The monoisotopic (exact) mass is 300 g/mol. The summed E-state index contributed by atoms with van der Waals surface area (Å²) in [7, 11) is 1.82. The minimum absolute atomic E-state index is 0.0853. The third-order valence-electron chi connectivity index (χ3n) is 3.90. The van der Waals surface area contributed by atoms with Crippen molar-refractivity contribution in [2.75, 3.05) is 13.6 Å². The summed E-state index contributed by atoms with van der Waals surface area (Å²) in [5.41, 5.74) is 6.23. The molecule has 3 nitrogen and oxygen atoms in total. The Bertz CT molecular complexity index is 479. The summed E-state index contributed by atoms with van der Waals surface area (Å²) in [5, 5.41) is 0.950. The van der Waals surface area contributed by atoms with Gasteiger partial charge in [-0.3, -0.25) is 4.79 Å². The first-order chi connectivity index (χ1) is 9.04. The zero-order valence-corrected chi connectivity index (χ0v) is 12.4. The van der Waals surface area contributed by atoms with E-state index < -0.39 is 0 Å². The predicted molar refractivity (Wildman–Crippen MR) is 78.7 cm³/mol. The highest BCUT2D eigenvalue weighted by Crippen LogP contribution is 2.30. The van der Waals surface area contributed by atoms with E-state index in [9.17, 15) is 4.79 Å². The molecule has 0 bridgehead atoms. The number of amides is 1. The number of carbonyl (C=O) groups excluding carboxylic acids is 1. The molecule has 1 saturated carbocycles. The van der Waals surface area contributed by atoms with Crippen LogP contribution in [0, 0.1) is 5.92 Å². The lowest BCUT2D eigenvalue weighted by atomic mass is 10.0. The van der Waals surface area contributed by atoms with Gasteiger partial charge in [-0.2, -0.15) is 0 Å². The van der Waals surface area contributed by atoms with Gasteiger partial charge in [0.2, 0.25) is 0 Å². The number of nitrogens with two attached hydrogens (primary N) is 1. The lowest BCUT2D eigenvalue weighted by Crippen LogP contribution is -2.41. The van der Waals surface area contributed by atoms with Gasteiger partial charge in [0.15, 0.2) is 0 Å². The molecule has 0 radical (unpaired) electrons. The second kappa shape index (κ2) is 6.12. The maximum absolute atomic E-state index is 12.5. The molecular formula is C14H18Cl2N2O. The van der Waals surface area contributed by atoms with Crippen LogP contribution in [-0.2, 0) is 0 Å². The van der Waals surface area contributed by atoms with E-state index in [1.165, 1.54) is 0 Å². The van der Waals surface area contributed by atoms with Crippen molar-refractivity contribution in [1.29, 1.82) is 0 Å². The summed E-state index contributed by atoms with van der Waals surface area (Å²) in [4.78, 5) is 14.3. The predicted octanol–water partition coefficient (Wildman–Crippen LogP) is 3.19. The quantitative estimate of drug-likeness (QED) is 0.932. The highest BCUT2D eigenvalue weighted by Gasteiger charge is 2.32. The first-order valence-electron chi connectivity index (χ1n) is 6.47. The summed E-state index contributed by atoms with van der Waals surface area (Å²) in [5.74, 6) is 0.296. The molecule has 104 valence electrons. The van der Waals surface area contributed by atoms with Crippen molar-refractivity contribution in [3.8, 4) is 0 Å². The summed E-state index contributed by atoms with van der Waals surface area (Å²) in [6.45, 7) is 0.617. The standard InChI is InChI=1S/C14H18Cl2N2O/c1-18(13-4-2-3-9(13)8-17)14(19)11-7-10(15)5-6-12(11)16/h5-7,9,13H,2-4,8,17H2,1H3. The lowest BCUT2D eigenvalue weighted by molar-refractivity contribution is 0.0700. The van der Waals surface area contributed by atoms with Gasteiger partial charge in [0, 0.05) is 18.1 Å². The molecule has 1 aromatic rings. The van der Waals surface area contributed by atoms with Crippen molar-refractivity contribution < 1.29 is 4.79 Å². The van der Waals surface area contributed by atoms with Crippen molar-refractivity contribution in [2.24, 2.45) is 11.7 Å². The van der Waals surface area contributed by atoms with Crippen LogP contribution in [0.4, 0.5) is 0 Å². The fourth-order valence-electron chi connectivity index (χ4n) is 2.80. The number of halogens is 2. The Kier molecular flexibility index (Phi) is 4.71. The molecule has 0 aromatic heterocycles. The van der Waals surface area contributed by atoms with Crippen molar-refractivity contribution in [1.82, 2.24) is 4.90 Å². The average molecular weight is 301 g/mol. The molecule has 2 atom stereocenters. The van der Waals surface area contributed by atoms with E-state index in [-0.39, 0.29) is 11.9 Å².